The SMILES string of the molecule is CCCCCCCC/C=C\CCCCCCCCCCCCCCCCCCCC(=O)OC[C@@H](O)COP(=O)(O)OC1[C@H](O[C@H]2OC(CO)[C@@H](O[C@H]3OC(CO[C@H]4OC(CO)[C@@H](O)C(O)[C@H]4O[C@H]4OC(COP(=O)(O)OCCN)C(O)[C@@H](O)[C@@H]4O)[C@@H](O)C(O)[C@H]3O)[C@H](O)C2N)C(O)C(O)[C@@H](O)[C@@H]1OC(=O)CCCCCCCCCCCCCCC. The molecule has 39 heteroatoms. The van der Waals surface area contributed by atoms with E-state index in [1.807, 2.05) is 0 Å². The maximum atomic E-state index is 14.0. The molecule has 0 aromatic carbocycles. The van der Waals surface area contributed by atoms with E-state index in [-0.39, 0.29) is 19.4 Å². The normalized spacial score (nSPS) is 33.1. The van der Waals surface area contributed by atoms with Gasteiger partial charge in [0.15, 0.2) is 31.3 Å². The van der Waals surface area contributed by atoms with Crippen LogP contribution in [-0.2, 0) is 84.2 Å². The van der Waals surface area contributed by atoms with Crippen molar-refractivity contribution >= 4 is 27.6 Å². The van der Waals surface area contributed by atoms with Crippen LogP contribution in [0.25, 0.3) is 0 Å². The molecule has 0 bridgehead atoms. The molecule has 4 heterocycles. The van der Waals surface area contributed by atoms with Crippen LogP contribution in [0.5, 0.6) is 0 Å². The Bertz CT molecular complexity index is 2800. The van der Waals surface area contributed by atoms with E-state index < -0.39 is 239 Å². The fraction of sp³-hybridized carbons (Fsp3) is 0.951. The first-order chi connectivity index (χ1) is 57.5. The van der Waals surface area contributed by atoms with Crippen LogP contribution in [-0.4, -0.2) is 317 Å². The van der Waals surface area contributed by atoms with Gasteiger partial charge in [-0.3, -0.25) is 27.7 Å². The van der Waals surface area contributed by atoms with Gasteiger partial charge in [0.05, 0.1) is 45.7 Å². The number of carbonyl (C=O) groups is 2. The second kappa shape index (κ2) is 60.7. The van der Waals surface area contributed by atoms with E-state index in [1.165, 1.54) is 154 Å². The summed E-state index contributed by atoms with van der Waals surface area (Å²) in [5, 5.41) is 166. The van der Waals surface area contributed by atoms with Crippen LogP contribution in [0.15, 0.2) is 12.2 Å². The molecule has 0 spiro atoms. The number of hydrogen-bond acceptors (Lipinski definition) is 35. The Morgan fingerprint density at radius 2 is 0.767 bits per heavy atom. The van der Waals surface area contributed by atoms with Gasteiger partial charge in [0.25, 0.3) is 0 Å². The number of phosphoric ester groups is 2. The minimum atomic E-state index is -5.60. The van der Waals surface area contributed by atoms with Gasteiger partial charge in [-0.15, -0.1) is 0 Å². The van der Waals surface area contributed by atoms with Gasteiger partial charge in [0, 0.05) is 19.4 Å². The highest BCUT2D eigenvalue weighted by molar-refractivity contribution is 7.47. The van der Waals surface area contributed by atoms with Gasteiger partial charge >= 0.3 is 27.6 Å². The number of unbranched alkanes of at least 4 members (excludes halogenated alkanes) is 35. The van der Waals surface area contributed by atoms with Crippen LogP contribution in [0.1, 0.15) is 271 Å². The summed E-state index contributed by atoms with van der Waals surface area (Å²) >= 11 is 0. The Hall–Kier alpha value is -2.10. The number of hydrogen-bond donors (Lipinski definition) is 19. The second-order valence-electron chi connectivity index (χ2n) is 32.7. The monoisotopic (exact) mass is 1770 g/mol. The van der Waals surface area contributed by atoms with E-state index in [1.54, 1.807) is 0 Å². The quantitative estimate of drug-likeness (QED) is 0.0174. The lowest BCUT2D eigenvalue weighted by atomic mass is 9.84. The molecule has 5 aliphatic rings. The highest BCUT2D eigenvalue weighted by Crippen LogP contribution is 2.49. The van der Waals surface area contributed by atoms with Gasteiger partial charge < -0.3 is 145 Å². The summed E-state index contributed by atoms with van der Waals surface area (Å²) in [7, 11) is -10.4. The summed E-state index contributed by atoms with van der Waals surface area (Å²) in [6.45, 7) is -1.88. The molecule has 4 aliphatic heterocycles. The third kappa shape index (κ3) is 39.1. The van der Waals surface area contributed by atoms with E-state index in [0.29, 0.717) is 19.3 Å². The van der Waals surface area contributed by atoms with Crippen LogP contribution in [0.3, 0.4) is 0 Å². The van der Waals surface area contributed by atoms with E-state index in [0.717, 1.165) is 70.6 Å². The molecule has 4 saturated heterocycles. The fourth-order valence-electron chi connectivity index (χ4n) is 15.3. The van der Waals surface area contributed by atoms with Crippen LogP contribution in [0, 0.1) is 0 Å². The van der Waals surface area contributed by atoms with E-state index in [4.69, 9.17) is 72.4 Å². The summed E-state index contributed by atoms with van der Waals surface area (Å²) in [5.41, 5.74) is 11.8. The molecule has 5 fully saturated rings. The van der Waals surface area contributed by atoms with Crippen molar-refractivity contribution in [2.75, 3.05) is 52.8 Å². The summed E-state index contributed by atoms with van der Waals surface area (Å²) in [5.74, 6) is -1.62. The number of phosphoric acid groups is 2. The Morgan fingerprint density at radius 3 is 1.23 bits per heavy atom. The minimum Gasteiger partial charge on any atom is -0.463 e. The number of allylic oxidation sites excluding steroid dienone is 2. The molecule has 1 aliphatic carbocycles. The van der Waals surface area contributed by atoms with Crippen LogP contribution >= 0.6 is 15.6 Å². The molecule has 37 nitrogen and oxygen atoms in total. The fourth-order valence-corrected chi connectivity index (χ4v) is 17.0. The predicted molar refractivity (Wildman–Crippen MR) is 433 cm³/mol. The largest absolute Gasteiger partial charge is 0.472 e. The van der Waals surface area contributed by atoms with E-state index >= 15 is 0 Å². The third-order valence-electron chi connectivity index (χ3n) is 22.7. The highest BCUT2D eigenvalue weighted by atomic mass is 31.2. The molecule has 29 atom stereocenters. The van der Waals surface area contributed by atoms with Crippen molar-refractivity contribution in [3.8, 4) is 0 Å². The molecule has 120 heavy (non-hydrogen) atoms. The van der Waals surface area contributed by atoms with Crippen molar-refractivity contribution in [3.63, 3.8) is 0 Å². The van der Waals surface area contributed by atoms with Gasteiger partial charge in [-0.05, 0) is 38.5 Å². The molecular weight excluding hydrogens is 1620 g/mol. The number of aliphatic hydroxyl groups excluding tert-OH is 15. The predicted octanol–water partition coefficient (Wildman–Crippen LogP) is 4.32. The maximum absolute atomic E-state index is 14.0. The summed E-state index contributed by atoms with van der Waals surface area (Å²) < 4.78 is 104. The van der Waals surface area contributed by atoms with Gasteiger partial charge in [-0.1, -0.05) is 231 Å². The molecule has 13 unspecified atom stereocenters. The van der Waals surface area contributed by atoms with Crippen molar-refractivity contribution in [1.29, 1.82) is 0 Å². The smallest absolute Gasteiger partial charge is 0.463 e. The van der Waals surface area contributed by atoms with E-state index in [2.05, 4.69) is 30.5 Å². The van der Waals surface area contributed by atoms with Crippen LogP contribution < -0.4 is 11.5 Å². The zero-order valence-corrected chi connectivity index (χ0v) is 72.5. The number of aliphatic hydroxyl groups is 15. The molecule has 0 amide bonds. The van der Waals surface area contributed by atoms with Crippen LogP contribution in [0.4, 0.5) is 0 Å². The molecule has 0 radical (unpaired) electrons. The van der Waals surface area contributed by atoms with Gasteiger partial charge in [-0.25, -0.2) is 9.13 Å². The summed E-state index contributed by atoms with van der Waals surface area (Å²) in [4.78, 5) is 47.7. The number of carbonyl (C=O) groups excluding carboxylic acids is 2. The lowest BCUT2D eigenvalue weighted by molar-refractivity contribution is -0.377. The molecule has 1 saturated carbocycles. The molecule has 0 aromatic heterocycles. The van der Waals surface area contributed by atoms with Crippen molar-refractivity contribution < 1.29 is 171 Å². The summed E-state index contributed by atoms with van der Waals surface area (Å²) in [6, 6.07) is -1.92. The Balaban J connectivity index is 1.15. The third-order valence-corrected chi connectivity index (χ3v) is 24.6. The Labute approximate surface area is 707 Å². The molecule has 0 aromatic rings. The van der Waals surface area contributed by atoms with Crippen molar-refractivity contribution in [2.45, 2.75) is 436 Å². The number of nitrogens with two attached hydrogens (primary N) is 2. The second-order valence-corrected chi connectivity index (χ2v) is 35.6. The van der Waals surface area contributed by atoms with Crippen molar-refractivity contribution in [1.82, 2.24) is 0 Å². The Kier molecular flexibility index (Phi) is 54.8. The minimum absolute atomic E-state index is 0.0467. The summed E-state index contributed by atoms with van der Waals surface area (Å²) in [6.07, 6.45) is -5.96. The topological polar surface area (TPSA) is 593 Å². The zero-order valence-electron chi connectivity index (χ0n) is 70.7. The number of esters is 2. The lowest BCUT2D eigenvalue weighted by Gasteiger charge is -2.49. The van der Waals surface area contributed by atoms with E-state index in [9.17, 15) is 105 Å². The number of rotatable bonds is 66. The van der Waals surface area contributed by atoms with Crippen LogP contribution in [0.2, 0.25) is 0 Å². The highest BCUT2D eigenvalue weighted by Gasteiger charge is 2.59. The first-order valence-electron chi connectivity index (χ1n) is 44.5. The molecule has 706 valence electrons. The maximum Gasteiger partial charge on any atom is 0.472 e. The first kappa shape index (κ1) is 108. The van der Waals surface area contributed by atoms with Gasteiger partial charge in [0.1, 0.15) is 135 Å². The van der Waals surface area contributed by atoms with Crippen molar-refractivity contribution in [2.24, 2.45) is 11.5 Å². The average Bonchev–Trinajstić information content (AvgIpc) is 0.764. The van der Waals surface area contributed by atoms with Crippen molar-refractivity contribution in [3.05, 3.63) is 12.2 Å². The van der Waals surface area contributed by atoms with Gasteiger partial charge in [0.2, 0.25) is 0 Å². The molecule has 5 rings (SSSR count). The molecular formula is C81H152N2O35P2. The lowest BCUT2D eigenvalue weighted by Crippen LogP contribution is -2.70. The Morgan fingerprint density at radius 1 is 0.383 bits per heavy atom. The molecule has 21 N–H and O–H groups in total. The average molecular weight is 1780 g/mol. The van der Waals surface area contributed by atoms with Gasteiger partial charge in [-0.2, -0.15) is 0 Å². The number of ether oxygens (including phenoxy) is 10. The standard InChI is InChI=1S/C81H152N2O35P2/c1-3-5-7-9-11-13-15-17-18-19-20-21-22-23-24-25-26-27-28-29-30-32-33-35-37-39-41-43-58(87)105-49-53(86)50-108-120(103,104)118-77-74(114-59(88)44-42-40-38-36-34-31-16-14-12-10-8-6-4-2)69(97)67(95)70(98)75(77)116-78-60(83)64(92)73(55(48-85)111-78)115-79-71(99)65(93)62(90)56(112-79)51-106-81-76(68(96)61(89)54(47-84)110-81)117-80-72(100)66(94)63(91)57(113-80)52-109-119(101,102)107-46-45-82/h17-18,53-57,60-81,84-86,89-100H,3-16,19-52,82-83H2,1-2H3,(H,101,102)(H,103,104)/b18-17-/t53-,54?,55?,56?,57?,60?,61-,62-,63?,64-,65?,66-,67?,68?,69-,70?,71-,72+,73-,74+,75-,76-,77?,78-,79-,80-,81+/m1/s1. The first-order valence-corrected chi connectivity index (χ1v) is 47.5. The zero-order chi connectivity index (χ0) is 88.0.